The molecule has 0 radical (unpaired) electrons. The number of nitrogens with zero attached hydrogens (tertiary/aromatic N) is 4. The quantitative estimate of drug-likeness (QED) is 0.748. The molecule has 1 saturated carbocycles. The SMILES string of the molecule is COC(=O)[C@H]1CC[C@@H](N(C)C(=O)N2CCN(c3ccc(C#N)cc3)CC2)CC1. The Labute approximate surface area is 166 Å². The van der Waals surface area contributed by atoms with Crippen molar-refractivity contribution in [2.75, 3.05) is 45.2 Å². The number of urea groups is 1. The number of esters is 1. The largest absolute Gasteiger partial charge is 0.469 e. The van der Waals surface area contributed by atoms with E-state index >= 15 is 0 Å². The third-order valence-corrected chi connectivity index (χ3v) is 5.99. The lowest BCUT2D eigenvalue weighted by Gasteiger charge is -2.40. The third kappa shape index (κ3) is 4.38. The summed E-state index contributed by atoms with van der Waals surface area (Å²) in [6, 6.07) is 9.96. The van der Waals surface area contributed by atoms with Crippen molar-refractivity contribution in [3.63, 3.8) is 0 Å². The number of hydrogen-bond donors (Lipinski definition) is 0. The topological polar surface area (TPSA) is 76.9 Å². The molecule has 0 spiro atoms. The van der Waals surface area contributed by atoms with Gasteiger partial charge in [0.25, 0.3) is 0 Å². The molecule has 1 aliphatic heterocycles. The number of hydrogen-bond acceptors (Lipinski definition) is 5. The molecule has 1 aromatic carbocycles. The number of benzene rings is 1. The Morgan fingerprint density at radius 1 is 1.07 bits per heavy atom. The zero-order valence-electron chi connectivity index (χ0n) is 16.6. The molecule has 3 rings (SSSR count). The lowest BCUT2D eigenvalue weighted by molar-refractivity contribution is -0.146. The Balaban J connectivity index is 1.49. The van der Waals surface area contributed by atoms with E-state index in [4.69, 9.17) is 10.00 Å². The van der Waals surface area contributed by atoms with Crippen molar-refractivity contribution in [2.45, 2.75) is 31.7 Å². The van der Waals surface area contributed by atoms with Gasteiger partial charge in [0.1, 0.15) is 0 Å². The summed E-state index contributed by atoms with van der Waals surface area (Å²) >= 11 is 0. The summed E-state index contributed by atoms with van der Waals surface area (Å²) in [6.07, 6.45) is 3.24. The fraction of sp³-hybridized carbons (Fsp3) is 0.571. The molecule has 2 amide bonds. The number of carbonyl (C=O) groups excluding carboxylic acids is 2. The number of ether oxygens (including phenoxy) is 1. The van der Waals surface area contributed by atoms with Gasteiger partial charge in [-0.3, -0.25) is 4.79 Å². The first-order chi connectivity index (χ1) is 13.5. The summed E-state index contributed by atoms with van der Waals surface area (Å²) in [6.45, 7) is 2.92. The van der Waals surface area contributed by atoms with E-state index in [0.29, 0.717) is 18.7 Å². The van der Waals surface area contributed by atoms with Gasteiger partial charge >= 0.3 is 12.0 Å². The van der Waals surface area contributed by atoms with Crippen LogP contribution in [0.3, 0.4) is 0 Å². The Hall–Kier alpha value is -2.75. The van der Waals surface area contributed by atoms with Crippen molar-refractivity contribution in [1.82, 2.24) is 9.80 Å². The average Bonchev–Trinajstić information content (AvgIpc) is 2.78. The fourth-order valence-corrected chi connectivity index (χ4v) is 4.15. The molecule has 7 heteroatoms. The van der Waals surface area contributed by atoms with Crippen LogP contribution in [0.25, 0.3) is 0 Å². The van der Waals surface area contributed by atoms with E-state index in [9.17, 15) is 9.59 Å². The lowest BCUT2D eigenvalue weighted by atomic mass is 9.85. The van der Waals surface area contributed by atoms with Crippen molar-refractivity contribution in [2.24, 2.45) is 5.92 Å². The molecule has 150 valence electrons. The molecule has 0 atom stereocenters. The van der Waals surface area contributed by atoms with Crippen LogP contribution in [0.15, 0.2) is 24.3 Å². The smallest absolute Gasteiger partial charge is 0.320 e. The molecule has 2 aliphatic rings. The van der Waals surface area contributed by atoms with Gasteiger partial charge in [-0.25, -0.2) is 4.79 Å². The van der Waals surface area contributed by atoms with Gasteiger partial charge in [-0.15, -0.1) is 0 Å². The standard InChI is InChI=1S/C21H28N4O3/c1-23(18-9-5-17(6-10-18)20(26)28-2)21(27)25-13-11-24(12-14-25)19-7-3-16(15-22)4-8-19/h3-4,7-8,17-18H,5-6,9-14H2,1-2H3/t17-,18+. The van der Waals surface area contributed by atoms with E-state index in [1.165, 1.54) is 7.11 Å². The van der Waals surface area contributed by atoms with Crippen LogP contribution in [0.1, 0.15) is 31.2 Å². The van der Waals surface area contributed by atoms with E-state index in [2.05, 4.69) is 11.0 Å². The summed E-state index contributed by atoms with van der Waals surface area (Å²) in [7, 11) is 3.31. The Bertz CT molecular complexity index is 727. The van der Waals surface area contributed by atoms with Crippen LogP contribution >= 0.6 is 0 Å². The number of carbonyl (C=O) groups is 2. The van der Waals surface area contributed by atoms with Crippen molar-refractivity contribution in [3.05, 3.63) is 29.8 Å². The lowest BCUT2D eigenvalue weighted by Crippen LogP contribution is -2.54. The van der Waals surface area contributed by atoms with Gasteiger partial charge in [0.15, 0.2) is 0 Å². The summed E-state index contributed by atoms with van der Waals surface area (Å²) < 4.78 is 4.84. The van der Waals surface area contributed by atoms with Crippen LogP contribution in [0, 0.1) is 17.2 Å². The van der Waals surface area contributed by atoms with Gasteiger partial charge in [0.2, 0.25) is 0 Å². The van der Waals surface area contributed by atoms with Crippen LogP contribution in [0.4, 0.5) is 10.5 Å². The number of anilines is 1. The highest BCUT2D eigenvalue weighted by Gasteiger charge is 2.32. The molecule has 1 heterocycles. The summed E-state index contributed by atoms with van der Waals surface area (Å²) in [5.74, 6) is -0.160. The van der Waals surface area contributed by atoms with Crippen LogP contribution in [0.2, 0.25) is 0 Å². The molecular formula is C21H28N4O3. The maximum absolute atomic E-state index is 12.9. The van der Waals surface area contributed by atoms with Gasteiger partial charge in [-0.1, -0.05) is 0 Å². The zero-order valence-corrected chi connectivity index (χ0v) is 16.6. The van der Waals surface area contributed by atoms with Crippen LogP contribution < -0.4 is 4.90 Å². The molecule has 1 saturated heterocycles. The fourth-order valence-electron chi connectivity index (χ4n) is 4.15. The number of rotatable bonds is 3. The molecule has 1 aliphatic carbocycles. The molecule has 28 heavy (non-hydrogen) atoms. The summed E-state index contributed by atoms with van der Waals surface area (Å²) in [5, 5.41) is 8.91. The van der Waals surface area contributed by atoms with Crippen LogP contribution in [-0.4, -0.2) is 68.2 Å². The number of methoxy groups -OCH3 is 1. The predicted molar refractivity (Wildman–Crippen MR) is 106 cm³/mol. The minimum atomic E-state index is -0.133. The van der Waals surface area contributed by atoms with Crippen molar-refractivity contribution in [1.29, 1.82) is 5.26 Å². The summed E-state index contributed by atoms with van der Waals surface area (Å²) in [4.78, 5) is 30.6. The minimum Gasteiger partial charge on any atom is -0.469 e. The first-order valence-electron chi connectivity index (χ1n) is 9.88. The maximum atomic E-state index is 12.9. The van der Waals surface area contributed by atoms with E-state index in [1.807, 2.05) is 41.1 Å². The number of piperazine rings is 1. The number of nitriles is 1. The monoisotopic (exact) mass is 384 g/mol. The van der Waals surface area contributed by atoms with Crippen LogP contribution in [-0.2, 0) is 9.53 Å². The summed E-state index contributed by atoms with van der Waals surface area (Å²) in [5.41, 5.74) is 1.74. The highest BCUT2D eigenvalue weighted by atomic mass is 16.5. The Morgan fingerprint density at radius 3 is 2.21 bits per heavy atom. The molecule has 7 nitrogen and oxygen atoms in total. The molecule has 0 N–H and O–H groups in total. The zero-order chi connectivity index (χ0) is 20.1. The predicted octanol–water partition coefficient (Wildman–Crippen LogP) is 2.46. The van der Waals surface area contributed by atoms with Crippen molar-refractivity contribution >= 4 is 17.7 Å². The Morgan fingerprint density at radius 2 is 1.68 bits per heavy atom. The molecule has 0 bridgehead atoms. The van der Waals surface area contributed by atoms with E-state index in [-0.39, 0.29) is 24.0 Å². The highest BCUT2D eigenvalue weighted by Crippen LogP contribution is 2.28. The van der Waals surface area contributed by atoms with Crippen LogP contribution in [0.5, 0.6) is 0 Å². The highest BCUT2D eigenvalue weighted by molar-refractivity contribution is 5.75. The molecule has 1 aromatic rings. The molecule has 0 aromatic heterocycles. The second-order valence-corrected chi connectivity index (χ2v) is 7.55. The normalized spacial score (nSPS) is 22.3. The number of amides is 2. The minimum absolute atomic E-state index is 0.0271. The maximum Gasteiger partial charge on any atom is 0.320 e. The molecule has 2 fully saturated rings. The molecular weight excluding hydrogens is 356 g/mol. The molecule has 0 unspecified atom stereocenters. The third-order valence-electron chi connectivity index (χ3n) is 5.99. The first kappa shape index (κ1) is 20.0. The second-order valence-electron chi connectivity index (χ2n) is 7.55. The van der Waals surface area contributed by atoms with Gasteiger partial charge < -0.3 is 19.4 Å². The second kappa shape index (κ2) is 8.96. The van der Waals surface area contributed by atoms with Gasteiger partial charge in [-0.05, 0) is 49.9 Å². The van der Waals surface area contributed by atoms with E-state index in [0.717, 1.165) is 44.5 Å². The van der Waals surface area contributed by atoms with Gasteiger partial charge in [0, 0.05) is 45.0 Å². The average molecular weight is 384 g/mol. The van der Waals surface area contributed by atoms with Crippen molar-refractivity contribution in [3.8, 4) is 6.07 Å². The Kier molecular flexibility index (Phi) is 6.40. The van der Waals surface area contributed by atoms with E-state index in [1.54, 1.807) is 0 Å². The van der Waals surface area contributed by atoms with Gasteiger partial charge in [0.05, 0.1) is 24.7 Å². The van der Waals surface area contributed by atoms with E-state index < -0.39 is 0 Å². The first-order valence-corrected chi connectivity index (χ1v) is 9.88. The van der Waals surface area contributed by atoms with Gasteiger partial charge in [-0.2, -0.15) is 5.26 Å². The van der Waals surface area contributed by atoms with Crippen molar-refractivity contribution < 1.29 is 14.3 Å².